The molecule has 2 aromatic carbocycles. The van der Waals surface area contributed by atoms with Gasteiger partial charge in [-0.15, -0.1) is 0 Å². The number of nitrogens with one attached hydrogen (secondary N) is 2. The van der Waals surface area contributed by atoms with Gasteiger partial charge in [-0.25, -0.2) is 0 Å². The predicted molar refractivity (Wildman–Crippen MR) is 93.7 cm³/mol. The normalized spacial score (nSPS) is 15.6. The van der Waals surface area contributed by atoms with Crippen molar-refractivity contribution in [3.8, 4) is 22.6 Å². The van der Waals surface area contributed by atoms with Crippen LogP contribution in [0.5, 0.6) is 11.5 Å². The largest absolute Gasteiger partial charge is 0.485 e. The zero-order valence-electron chi connectivity index (χ0n) is 13.7. The average molecular weight is 335 g/mol. The van der Waals surface area contributed by atoms with Gasteiger partial charge in [-0.1, -0.05) is 42.5 Å². The summed E-state index contributed by atoms with van der Waals surface area (Å²) in [5, 5.41) is 9.98. The van der Waals surface area contributed by atoms with E-state index in [1.165, 1.54) is 0 Å². The molecule has 3 aromatic rings. The highest BCUT2D eigenvalue weighted by Gasteiger charge is 2.28. The molecule has 6 heteroatoms. The smallest absolute Gasteiger partial charge is 0.270 e. The van der Waals surface area contributed by atoms with E-state index in [0.717, 1.165) is 16.8 Å². The molecular formula is C19H17N3O3. The van der Waals surface area contributed by atoms with Gasteiger partial charge >= 0.3 is 0 Å². The highest BCUT2D eigenvalue weighted by Crippen LogP contribution is 2.32. The molecule has 0 bridgehead atoms. The second-order valence-corrected chi connectivity index (χ2v) is 5.79. The fraction of sp³-hybridized carbons (Fsp3) is 0.158. The molecule has 0 aliphatic carbocycles. The van der Waals surface area contributed by atoms with Gasteiger partial charge in [0.05, 0.1) is 0 Å². The van der Waals surface area contributed by atoms with Crippen molar-refractivity contribution in [1.82, 2.24) is 10.2 Å². The van der Waals surface area contributed by atoms with Gasteiger partial charge in [-0.3, -0.25) is 9.89 Å². The van der Waals surface area contributed by atoms with Crippen LogP contribution in [0.15, 0.2) is 54.6 Å². The molecule has 1 aliphatic rings. The van der Waals surface area contributed by atoms with Crippen molar-refractivity contribution in [3.63, 3.8) is 0 Å². The first-order valence-corrected chi connectivity index (χ1v) is 8.02. The molecule has 2 N–H and O–H groups in total. The van der Waals surface area contributed by atoms with Gasteiger partial charge in [0.25, 0.3) is 5.91 Å². The van der Waals surface area contributed by atoms with E-state index < -0.39 is 6.10 Å². The molecule has 1 aliphatic heterocycles. The van der Waals surface area contributed by atoms with Gasteiger partial charge in [0.15, 0.2) is 17.3 Å². The van der Waals surface area contributed by atoms with E-state index in [2.05, 4.69) is 15.5 Å². The van der Waals surface area contributed by atoms with E-state index in [4.69, 9.17) is 9.47 Å². The van der Waals surface area contributed by atoms with E-state index in [1.54, 1.807) is 6.07 Å². The first-order valence-electron chi connectivity index (χ1n) is 8.02. The number of hydrogen-bond donors (Lipinski definition) is 2. The Kier molecular flexibility index (Phi) is 3.85. The summed E-state index contributed by atoms with van der Waals surface area (Å²) < 4.78 is 11.3. The van der Waals surface area contributed by atoms with Crippen molar-refractivity contribution in [2.24, 2.45) is 0 Å². The molecule has 0 unspecified atom stereocenters. The second kappa shape index (κ2) is 6.32. The number of H-pyrrole nitrogens is 1. The van der Waals surface area contributed by atoms with Crippen molar-refractivity contribution in [2.45, 2.75) is 13.0 Å². The number of ether oxygens (including phenoxy) is 2. The molecule has 25 heavy (non-hydrogen) atoms. The molecule has 6 nitrogen and oxygen atoms in total. The Morgan fingerprint density at radius 2 is 1.84 bits per heavy atom. The Morgan fingerprint density at radius 3 is 2.64 bits per heavy atom. The lowest BCUT2D eigenvalue weighted by Gasteiger charge is -2.25. The quantitative estimate of drug-likeness (QED) is 0.771. The van der Waals surface area contributed by atoms with Crippen LogP contribution < -0.4 is 14.8 Å². The fourth-order valence-electron chi connectivity index (χ4n) is 2.82. The van der Waals surface area contributed by atoms with Crippen molar-refractivity contribution in [1.29, 1.82) is 0 Å². The van der Waals surface area contributed by atoms with Gasteiger partial charge in [0, 0.05) is 11.3 Å². The zero-order valence-corrected chi connectivity index (χ0v) is 13.7. The number of aromatic nitrogens is 2. The Morgan fingerprint density at radius 1 is 1.12 bits per heavy atom. The van der Waals surface area contributed by atoms with E-state index in [0.29, 0.717) is 17.3 Å². The molecule has 2 heterocycles. The molecule has 4 rings (SSSR count). The molecular weight excluding hydrogens is 318 g/mol. The highest BCUT2D eigenvalue weighted by atomic mass is 16.6. The maximum absolute atomic E-state index is 12.6. The number of amides is 1. The van der Waals surface area contributed by atoms with E-state index in [1.807, 2.05) is 55.5 Å². The minimum Gasteiger partial charge on any atom is -0.485 e. The lowest BCUT2D eigenvalue weighted by Crippen LogP contribution is -2.40. The summed E-state index contributed by atoms with van der Waals surface area (Å²) >= 11 is 0. The van der Waals surface area contributed by atoms with E-state index in [9.17, 15) is 4.79 Å². The summed E-state index contributed by atoms with van der Waals surface area (Å²) in [6, 6.07) is 17.1. The number of aromatic amines is 1. The number of hydrogen-bond acceptors (Lipinski definition) is 4. The van der Waals surface area contributed by atoms with Gasteiger partial charge in [-0.2, -0.15) is 5.10 Å². The van der Waals surface area contributed by atoms with Crippen molar-refractivity contribution >= 4 is 11.7 Å². The summed E-state index contributed by atoms with van der Waals surface area (Å²) in [5.74, 6) is 1.40. The average Bonchev–Trinajstić information content (AvgIpc) is 3.02. The number of fused-ring (bicyclic) bond motifs is 1. The summed E-state index contributed by atoms with van der Waals surface area (Å²) in [6.45, 7) is 2.08. The van der Waals surface area contributed by atoms with E-state index >= 15 is 0 Å². The Balaban J connectivity index is 1.55. The number of aryl methyl sites for hydroxylation is 1. The second-order valence-electron chi connectivity index (χ2n) is 5.79. The van der Waals surface area contributed by atoms with Crippen LogP contribution >= 0.6 is 0 Å². The third-order valence-electron chi connectivity index (χ3n) is 4.05. The van der Waals surface area contributed by atoms with Crippen molar-refractivity contribution in [2.75, 3.05) is 11.9 Å². The molecule has 1 aromatic heterocycles. The molecule has 0 saturated heterocycles. The zero-order chi connectivity index (χ0) is 17.2. The number of benzene rings is 2. The number of carbonyl (C=O) groups excluding carboxylic acids is 1. The van der Waals surface area contributed by atoms with Crippen LogP contribution in [0.3, 0.4) is 0 Å². The Labute approximate surface area is 144 Å². The Bertz CT molecular complexity index is 905. The van der Waals surface area contributed by atoms with Crippen molar-refractivity contribution < 1.29 is 14.3 Å². The number of carbonyl (C=O) groups is 1. The van der Waals surface area contributed by atoms with Gasteiger partial charge in [-0.05, 0) is 24.6 Å². The minimum atomic E-state index is -0.726. The van der Waals surface area contributed by atoms with Crippen LogP contribution in [-0.4, -0.2) is 28.8 Å². The molecule has 0 spiro atoms. The third-order valence-corrected chi connectivity index (χ3v) is 4.05. The predicted octanol–water partition coefficient (Wildman–Crippen LogP) is 3.16. The molecule has 0 radical (unpaired) electrons. The van der Waals surface area contributed by atoms with Crippen LogP contribution in [-0.2, 0) is 4.79 Å². The summed E-state index contributed by atoms with van der Waals surface area (Å²) in [5.41, 5.74) is 2.73. The van der Waals surface area contributed by atoms with Gasteiger partial charge in [0.2, 0.25) is 6.10 Å². The van der Waals surface area contributed by atoms with Crippen LogP contribution in [0, 0.1) is 6.92 Å². The SMILES string of the molecule is Cc1[nH]nc(NC(=O)[C@@H]2COc3ccccc3O2)c1-c1ccccc1. The Hall–Kier alpha value is -3.28. The lowest BCUT2D eigenvalue weighted by atomic mass is 10.1. The summed E-state index contributed by atoms with van der Waals surface area (Å²) in [6.07, 6.45) is -0.726. The first kappa shape index (κ1) is 15.3. The number of nitrogens with zero attached hydrogens (tertiary/aromatic N) is 1. The number of rotatable bonds is 3. The maximum Gasteiger partial charge on any atom is 0.270 e. The molecule has 1 amide bonds. The maximum atomic E-state index is 12.6. The standard InChI is InChI=1S/C19H17N3O3/c1-12-17(13-7-3-2-4-8-13)18(22-21-12)20-19(23)16-11-24-14-9-5-6-10-15(14)25-16/h2-10,16H,11H2,1H3,(H2,20,21,22,23)/t16-/m0/s1. The van der Waals surface area contributed by atoms with Crippen LogP contribution in [0.1, 0.15) is 5.69 Å². The monoisotopic (exact) mass is 335 g/mol. The topological polar surface area (TPSA) is 76.2 Å². The van der Waals surface area contributed by atoms with Crippen LogP contribution in [0.2, 0.25) is 0 Å². The van der Waals surface area contributed by atoms with Gasteiger partial charge < -0.3 is 14.8 Å². The molecule has 126 valence electrons. The van der Waals surface area contributed by atoms with Gasteiger partial charge in [0.1, 0.15) is 6.61 Å². The van der Waals surface area contributed by atoms with Crippen LogP contribution in [0.25, 0.3) is 11.1 Å². The highest BCUT2D eigenvalue weighted by molar-refractivity contribution is 5.97. The fourth-order valence-corrected chi connectivity index (χ4v) is 2.82. The lowest BCUT2D eigenvalue weighted by molar-refractivity contribution is -0.125. The summed E-state index contributed by atoms with van der Waals surface area (Å²) in [7, 11) is 0. The molecule has 0 fully saturated rings. The van der Waals surface area contributed by atoms with E-state index in [-0.39, 0.29) is 12.5 Å². The first-order chi connectivity index (χ1) is 12.2. The van der Waals surface area contributed by atoms with Crippen molar-refractivity contribution in [3.05, 3.63) is 60.3 Å². The molecule has 1 atom stereocenters. The summed E-state index contributed by atoms with van der Waals surface area (Å²) in [4.78, 5) is 12.6. The van der Waals surface area contributed by atoms with Crippen LogP contribution in [0.4, 0.5) is 5.82 Å². The number of para-hydroxylation sites is 2. The molecule has 0 saturated carbocycles. The third kappa shape index (κ3) is 2.94. The number of anilines is 1. The minimum absolute atomic E-state index is 0.160.